The van der Waals surface area contributed by atoms with Crippen molar-refractivity contribution in [3.63, 3.8) is 0 Å². The van der Waals surface area contributed by atoms with Gasteiger partial charge in [-0.25, -0.2) is 0 Å². The molecule has 1 saturated carbocycles. The van der Waals surface area contributed by atoms with Crippen LogP contribution in [0.2, 0.25) is 0 Å². The Hall–Kier alpha value is -2.36. The number of nitro groups is 1. The van der Waals surface area contributed by atoms with Crippen LogP contribution in [-0.4, -0.2) is 29.6 Å². The predicted octanol–water partition coefficient (Wildman–Crippen LogP) is 1.88. The van der Waals surface area contributed by atoms with Crippen molar-refractivity contribution in [3.8, 4) is 11.9 Å². The summed E-state index contributed by atoms with van der Waals surface area (Å²) in [5, 5.41) is 19.8. The number of anilines is 1. The quantitative estimate of drug-likeness (QED) is 0.574. The van der Waals surface area contributed by atoms with Crippen molar-refractivity contribution in [2.45, 2.75) is 25.3 Å². The molecule has 0 amide bonds. The van der Waals surface area contributed by atoms with E-state index in [9.17, 15) is 10.1 Å². The maximum atomic E-state index is 11.1. The van der Waals surface area contributed by atoms with Gasteiger partial charge >= 0.3 is 5.69 Å². The zero-order chi connectivity index (χ0) is 13.8. The average molecular weight is 262 g/mol. The molecule has 1 aliphatic rings. The largest absolute Gasteiger partial charge is 0.481 e. The lowest BCUT2D eigenvalue weighted by Crippen LogP contribution is -2.28. The number of hydrogen-bond donors (Lipinski definition) is 0. The van der Waals surface area contributed by atoms with Gasteiger partial charge in [0.1, 0.15) is 0 Å². The Labute approximate surface area is 110 Å². The summed E-state index contributed by atoms with van der Waals surface area (Å²) in [6, 6.07) is 5.16. The zero-order valence-corrected chi connectivity index (χ0v) is 10.6. The highest BCUT2D eigenvalue weighted by Gasteiger charge is 2.34. The molecule has 7 heteroatoms. The van der Waals surface area contributed by atoms with Gasteiger partial charge < -0.3 is 9.64 Å². The Kier molecular flexibility index (Phi) is 3.80. The molecule has 100 valence electrons. The molecule has 0 atom stereocenters. The summed E-state index contributed by atoms with van der Waals surface area (Å²) < 4.78 is 5.02. The Morgan fingerprint density at radius 1 is 1.63 bits per heavy atom. The Morgan fingerprint density at radius 2 is 2.37 bits per heavy atom. The summed E-state index contributed by atoms with van der Waals surface area (Å²) in [5.74, 6) is 0.630. The molecule has 0 saturated heterocycles. The zero-order valence-electron chi connectivity index (χ0n) is 10.6. The van der Waals surface area contributed by atoms with Gasteiger partial charge in [0.25, 0.3) is 0 Å². The van der Waals surface area contributed by atoms with Gasteiger partial charge in [-0.05, 0) is 12.8 Å². The normalized spacial score (nSPS) is 13.7. The van der Waals surface area contributed by atoms with Gasteiger partial charge in [-0.1, -0.05) is 0 Å². The van der Waals surface area contributed by atoms with E-state index in [0.29, 0.717) is 24.7 Å². The van der Waals surface area contributed by atoms with E-state index in [4.69, 9.17) is 10.00 Å². The highest BCUT2D eigenvalue weighted by atomic mass is 16.6. The summed E-state index contributed by atoms with van der Waals surface area (Å²) in [6.45, 7) is 0.447. The first-order valence-corrected chi connectivity index (χ1v) is 6.00. The monoisotopic (exact) mass is 262 g/mol. The summed E-state index contributed by atoms with van der Waals surface area (Å²) in [7, 11) is 1.47. The molecule has 0 radical (unpaired) electrons. The molecule has 1 aromatic heterocycles. The van der Waals surface area contributed by atoms with E-state index in [2.05, 4.69) is 11.1 Å². The van der Waals surface area contributed by atoms with Gasteiger partial charge in [0.2, 0.25) is 11.7 Å². The standard InChI is InChI=1S/C12H14N4O3/c1-19-11-6-5-10(16(17)18)12(14-11)15(8-2-7-13)9-3-4-9/h5-6,9H,2-4,8H2,1H3. The molecule has 1 fully saturated rings. The molecule has 2 rings (SSSR count). The van der Waals surface area contributed by atoms with Gasteiger partial charge in [-0.3, -0.25) is 10.1 Å². The molecular formula is C12H14N4O3. The van der Waals surface area contributed by atoms with Crippen LogP contribution in [0.4, 0.5) is 11.5 Å². The minimum absolute atomic E-state index is 0.0503. The van der Waals surface area contributed by atoms with Crippen LogP contribution in [0.3, 0.4) is 0 Å². The van der Waals surface area contributed by atoms with Crippen LogP contribution in [0.5, 0.6) is 5.88 Å². The van der Waals surface area contributed by atoms with Crippen LogP contribution in [-0.2, 0) is 0 Å². The van der Waals surface area contributed by atoms with Gasteiger partial charge in [0, 0.05) is 24.7 Å². The van der Waals surface area contributed by atoms with Crippen LogP contribution in [0.1, 0.15) is 19.3 Å². The number of nitrogens with zero attached hydrogens (tertiary/aromatic N) is 4. The first-order valence-electron chi connectivity index (χ1n) is 6.00. The molecule has 1 heterocycles. The third kappa shape index (κ3) is 2.91. The van der Waals surface area contributed by atoms with E-state index >= 15 is 0 Å². The molecule has 0 aromatic carbocycles. The molecular weight excluding hydrogens is 248 g/mol. The highest BCUT2D eigenvalue weighted by molar-refractivity contribution is 5.60. The fraction of sp³-hybridized carbons (Fsp3) is 0.500. The number of hydrogen-bond acceptors (Lipinski definition) is 6. The fourth-order valence-corrected chi connectivity index (χ4v) is 1.91. The van der Waals surface area contributed by atoms with Gasteiger partial charge in [0.05, 0.1) is 24.5 Å². The van der Waals surface area contributed by atoms with Gasteiger partial charge in [-0.2, -0.15) is 10.2 Å². The molecule has 0 spiro atoms. The molecule has 19 heavy (non-hydrogen) atoms. The van der Waals surface area contributed by atoms with E-state index in [1.54, 1.807) is 0 Å². The smallest absolute Gasteiger partial charge is 0.311 e. The first kappa shape index (κ1) is 13.1. The number of pyridine rings is 1. The van der Waals surface area contributed by atoms with Crippen LogP contribution in [0, 0.1) is 21.4 Å². The van der Waals surface area contributed by atoms with E-state index in [0.717, 1.165) is 12.8 Å². The molecule has 1 aliphatic carbocycles. The topological polar surface area (TPSA) is 92.3 Å². The van der Waals surface area contributed by atoms with Crippen LogP contribution in [0.15, 0.2) is 12.1 Å². The molecule has 0 unspecified atom stereocenters. The Bertz CT molecular complexity index is 522. The SMILES string of the molecule is COc1ccc([N+](=O)[O-])c(N(CCC#N)C2CC2)n1. The van der Waals surface area contributed by atoms with Crippen LogP contribution < -0.4 is 9.64 Å². The molecule has 0 N–H and O–H groups in total. The van der Waals surface area contributed by atoms with Crippen molar-refractivity contribution < 1.29 is 9.66 Å². The lowest BCUT2D eigenvalue weighted by atomic mass is 10.3. The second-order valence-electron chi connectivity index (χ2n) is 4.29. The van der Waals surface area contributed by atoms with Gasteiger partial charge in [-0.15, -0.1) is 0 Å². The Balaban J connectivity index is 2.37. The molecule has 0 bridgehead atoms. The number of methoxy groups -OCH3 is 1. The summed E-state index contributed by atoms with van der Waals surface area (Å²) >= 11 is 0. The van der Waals surface area contributed by atoms with E-state index in [-0.39, 0.29) is 11.7 Å². The van der Waals surface area contributed by atoms with E-state index in [1.165, 1.54) is 19.2 Å². The van der Waals surface area contributed by atoms with Crippen molar-refractivity contribution in [1.82, 2.24) is 4.98 Å². The molecule has 7 nitrogen and oxygen atoms in total. The third-order valence-corrected chi connectivity index (χ3v) is 2.96. The van der Waals surface area contributed by atoms with Crippen molar-refractivity contribution in [2.24, 2.45) is 0 Å². The minimum atomic E-state index is -0.455. The molecule has 1 aromatic rings. The number of ether oxygens (including phenoxy) is 1. The average Bonchev–Trinajstić information content (AvgIpc) is 3.23. The second-order valence-corrected chi connectivity index (χ2v) is 4.29. The van der Waals surface area contributed by atoms with E-state index < -0.39 is 4.92 Å². The van der Waals surface area contributed by atoms with Crippen molar-refractivity contribution in [3.05, 3.63) is 22.2 Å². The summed E-state index contributed by atoms with van der Waals surface area (Å²) in [6.07, 6.45) is 2.26. The lowest BCUT2D eigenvalue weighted by molar-refractivity contribution is -0.384. The van der Waals surface area contributed by atoms with Crippen molar-refractivity contribution in [1.29, 1.82) is 5.26 Å². The molecule has 0 aliphatic heterocycles. The number of rotatable bonds is 6. The van der Waals surface area contributed by atoms with Gasteiger partial charge in [0.15, 0.2) is 0 Å². The van der Waals surface area contributed by atoms with Crippen molar-refractivity contribution >= 4 is 11.5 Å². The number of nitriles is 1. The lowest BCUT2D eigenvalue weighted by Gasteiger charge is -2.22. The fourth-order valence-electron chi connectivity index (χ4n) is 1.91. The Morgan fingerprint density at radius 3 is 2.89 bits per heavy atom. The summed E-state index contributed by atoms with van der Waals surface area (Å²) in [5.41, 5.74) is -0.0503. The second kappa shape index (κ2) is 5.52. The first-order chi connectivity index (χ1) is 9.17. The summed E-state index contributed by atoms with van der Waals surface area (Å²) in [4.78, 5) is 16.6. The third-order valence-electron chi connectivity index (χ3n) is 2.96. The highest BCUT2D eigenvalue weighted by Crippen LogP contribution is 2.36. The van der Waals surface area contributed by atoms with Crippen LogP contribution >= 0.6 is 0 Å². The van der Waals surface area contributed by atoms with E-state index in [1.807, 2.05) is 4.90 Å². The minimum Gasteiger partial charge on any atom is -0.481 e. The van der Waals surface area contributed by atoms with Crippen molar-refractivity contribution in [2.75, 3.05) is 18.6 Å². The predicted molar refractivity (Wildman–Crippen MR) is 68.0 cm³/mol. The van der Waals surface area contributed by atoms with Crippen LogP contribution in [0.25, 0.3) is 0 Å². The maximum absolute atomic E-state index is 11.1. The maximum Gasteiger partial charge on any atom is 0.311 e. The number of aromatic nitrogens is 1.